The van der Waals surface area contributed by atoms with Crippen LogP contribution < -0.4 is 5.32 Å². The van der Waals surface area contributed by atoms with Crippen molar-refractivity contribution < 1.29 is 8.78 Å². The van der Waals surface area contributed by atoms with E-state index < -0.39 is 11.6 Å². The van der Waals surface area contributed by atoms with Gasteiger partial charge in [-0.15, -0.1) is 0 Å². The molecule has 0 fully saturated rings. The first-order chi connectivity index (χ1) is 12.1. The van der Waals surface area contributed by atoms with Crippen LogP contribution in [0.3, 0.4) is 0 Å². The van der Waals surface area contributed by atoms with E-state index in [0.29, 0.717) is 5.84 Å². The van der Waals surface area contributed by atoms with Crippen molar-refractivity contribution in [2.45, 2.75) is 12.6 Å². The predicted molar refractivity (Wildman–Crippen MR) is 102 cm³/mol. The van der Waals surface area contributed by atoms with Gasteiger partial charge in [0.25, 0.3) is 0 Å². The predicted octanol–water partition coefficient (Wildman–Crippen LogP) is 4.16. The van der Waals surface area contributed by atoms with Crippen LogP contribution in [0.1, 0.15) is 11.1 Å². The molecule has 0 aromatic heterocycles. The molecule has 2 heterocycles. The summed E-state index contributed by atoms with van der Waals surface area (Å²) in [6.45, 7) is 0.731. The van der Waals surface area contributed by atoms with Crippen molar-refractivity contribution in [3.05, 3.63) is 93.0 Å². The smallest absolute Gasteiger partial charge is 0.169 e. The number of nitrogens with one attached hydrogen (secondary N) is 1. The van der Waals surface area contributed by atoms with Crippen molar-refractivity contribution in [3.63, 3.8) is 0 Å². The minimum Gasteiger partial charge on any atom is -0.348 e. The molecule has 1 atom stereocenters. The molecule has 0 bridgehead atoms. The van der Waals surface area contributed by atoms with Gasteiger partial charge in [-0.05, 0) is 58.5 Å². The van der Waals surface area contributed by atoms with Crippen LogP contribution in [0.5, 0.6) is 0 Å². The lowest BCUT2D eigenvalue weighted by Gasteiger charge is -2.22. The van der Waals surface area contributed by atoms with Crippen molar-refractivity contribution in [2.24, 2.45) is 4.99 Å². The van der Waals surface area contributed by atoms with Gasteiger partial charge in [-0.2, -0.15) is 0 Å². The number of hydrogen-bond acceptors (Lipinski definition) is 3. The van der Waals surface area contributed by atoms with E-state index in [9.17, 15) is 8.78 Å². The molecule has 4 rings (SSSR count). The van der Waals surface area contributed by atoms with Gasteiger partial charge < -0.3 is 10.2 Å². The molecule has 1 N–H and O–H groups in total. The second kappa shape index (κ2) is 6.59. The second-order valence-electron chi connectivity index (χ2n) is 5.87. The van der Waals surface area contributed by atoms with E-state index in [-0.39, 0.29) is 11.6 Å². The highest BCUT2D eigenvalue weighted by Gasteiger charge is 2.26. The highest BCUT2D eigenvalue weighted by atomic mass is 127. The Morgan fingerprint density at radius 2 is 1.92 bits per heavy atom. The van der Waals surface area contributed by atoms with Gasteiger partial charge in [-0.1, -0.05) is 18.2 Å². The maximum atomic E-state index is 14.0. The molecule has 2 aromatic rings. The number of halogens is 3. The molecule has 25 heavy (non-hydrogen) atoms. The van der Waals surface area contributed by atoms with Crippen molar-refractivity contribution in [1.82, 2.24) is 10.2 Å². The Labute approximate surface area is 157 Å². The van der Waals surface area contributed by atoms with Gasteiger partial charge in [-0.25, -0.2) is 8.78 Å². The molecule has 0 aliphatic carbocycles. The summed E-state index contributed by atoms with van der Waals surface area (Å²) in [6.07, 6.45) is 5.86. The summed E-state index contributed by atoms with van der Waals surface area (Å²) < 4.78 is 28.6. The van der Waals surface area contributed by atoms with Crippen LogP contribution in [-0.2, 0) is 6.54 Å². The van der Waals surface area contributed by atoms with Gasteiger partial charge in [0.15, 0.2) is 11.6 Å². The van der Waals surface area contributed by atoms with Gasteiger partial charge in [-0.3, -0.25) is 4.99 Å². The van der Waals surface area contributed by atoms with E-state index in [4.69, 9.17) is 0 Å². The van der Waals surface area contributed by atoms with E-state index >= 15 is 0 Å². The van der Waals surface area contributed by atoms with E-state index in [2.05, 4.69) is 57.2 Å². The molecular weight excluding hydrogens is 435 g/mol. The summed E-state index contributed by atoms with van der Waals surface area (Å²) in [5.41, 5.74) is 2.19. The van der Waals surface area contributed by atoms with Gasteiger partial charge in [0.2, 0.25) is 0 Å². The number of hydrogen-bond donors (Lipinski definition) is 1. The highest BCUT2D eigenvalue weighted by molar-refractivity contribution is 14.1. The Morgan fingerprint density at radius 3 is 2.72 bits per heavy atom. The van der Waals surface area contributed by atoms with Crippen LogP contribution in [0.15, 0.2) is 71.6 Å². The lowest BCUT2D eigenvalue weighted by Crippen LogP contribution is -2.25. The molecule has 0 spiro atoms. The SMILES string of the molecule is Fc1cccc(C2=NC3C=CN(Cc4ccc(I)cc4)C=C3N2)c1F. The molecule has 0 amide bonds. The fourth-order valence-corrected chi connectivity index (χ4v) is 3.20. The first kappa shape index (κ1) is 16.3. The van der Waals surface area contributed by atoms with Crippen LogP contribution in [-0.4, -0.2) is 16.8 Å². The minimum atomic E-state index is -0.882. The summed E-state index contributed by atoms with van der Waals surface area (Å²) in [5, 5.41) is 3.11. The first-order valence-corrected chi connectivity index (χ1v) is 8.87. The Bertz CT molecular complexity index is 903. The van der Waals surface area contributed by atoms with Gasteiger partial charge in [0.1, 0.15) is 11.9 Å². The van der Waals surface area contributed by atoms with E-state index in [1.165, 1.54) is 21.3 Å². The van der Waals surface area contributed by atoms with Crippen molar-refractivity contribution >= 4 is 28.4 Å². The number of amidine groups is 1. The third-order valence-electron chi connectivity index (χ3n) is 4.10. The summed E-state index contributed by atoms with van der Waals surface area (Å²) in [4.78, 5) is 6.49. The largest absolute Gasteiger partial charge is 0.348 e. The average molecular weight is 449 g/mol. The lowest BCUT2D eigenvalue weighted by atomic mass is 10.1. The molecule has 0 saturated carbocycles. The maximum absolute atomic E-state index is 14.0. The molecule has 3 nitrogen and oxygen atoms in total. The van der Waals surface area contributed by atoms with Gasteiger partial charge in [0, 0.05) is 22.5 Å². The summed E-state index contributed by atoms with van der Waals surface area (Å²) in [5.74, 6) is -1.40. The number of benzene rings is 2. The Morgan fingerprint density at radius 1 is 1.12 bits per heavy atom. The molecule has 2 aliphatic heterocycles. The van der Waals surface area contributed by atoms with Crippen LogP contribution in [0.2, 0.25) is 0 Å². The van der Waals surface area contributed by atoms with E-state index in [0.717, 1.165) is 18.3 Å². The zero-order valence-corrected chi connectivity index (χ0v) is 15.2. The average Bonchev–Trinajstić information content (AvgIpc) is 3.02. The van der Waals surface area contributed by atoms with Crippen LogP contribution >= 0.6 is 22.6 Å². The molecule has 1 unspecified atom stereocenters. The zero-order valence-electron chi connectivity index (χ0n) is 13.1. The van der Waals surface area contributed by atoms with Crippen molar-refractivity contribution in [1.29, 1.82) is 0 Å². The van der Waals surface area contributed by atoms with Gasteiger partial charge >= 0.3 is 0 Å². The van der Waals surface area contributed by atoms with Crippen molar-refractivity contribution in [2.75, 3.05) is 0 Å². The van der Waals surface area contributed by atoms with Crippen LogP contribution in [0, 0.1) is 15.2 Å². The molecule has 126 valence electrons. The maximum Gasteiger partial charge on any atom is 0.169 e. The Hall–Kier alpha value is -2.22. The quantitative estimate of drug-likeness (QED) is 0.714. The second-order valence-corrected chi connectivity index (χ2v) is 7.12. The zero-order chi connectivity index (χ0) is 17.4. The van der Waals surface area contributed by atoms with Crippen molar-refractivity contribution in [3.8, 4) is 0 Å². The highest BCUT2D eigenvalue weighted by Crippen LogP contribution is 2.23. The summed E-state index contributed by atoms with van der Waals surface area (Å²) >= 11 is 2.28. The molecule has 2 aromatic carbocycles. The number of fused-ring (bicyclic) bond motifs is 1. The first-order valence-electron chi connectivity index (χ1n) is 7.79. The summed E-state index contributed by atoms with van der Waals surface area (Å²) in [7, 11) is 0. The topological polar surface area (TPSA) is 27.6 Å². The Kier molecular flexibility index (Phi) is 4.29. The van der Waals surface area contributed by atoms with Crippen LogP contribution in [0.25, 0.3) is 0 Å². The molecule has 6 heteroatoms. The third kappa shape index (κ3) is 3.30. The number of rotatable bonds is 3. The van der Waals surface area contributed by atoms with E-state index in [1.807, 2.05) is 23.4 Å². The molecule has 0 saturated heterocycles. The molecule has 0 radical (unpaired) electrons. The summed E-state index contributed by atoms with van der Waals surface area (Å²) in [6, 6.07) is 12.2. The molecule has 2 aliphatic rings. The van der Waals surface area contributed by atoms with Crippen LogP contribution in [0.4, 0.5) is 8.78 Å². The third-order valence-corrected chi connectivity index (χ3v) is 4.82. The lowest BCUT2D eigenvalue weighted by molar-refractivity contribution is 0.481. The number of aliphatic imine (C=N–C) groups is 1. The molecular formula is C19H14F2IN3. The Balaban J connectivity index is 1.53. The number of nitrogens with zero attached hydrogens (tertiary/aromatic N) is 2. The minimum absolute atomic E-state index is 0.146. The fourth-order valence-electron chi connectivity index (χ4n) is 2.84. The normalized spacial score (nSPS) is 18.5. The van der Waals surface area contributed by atoms with E-state index in [1.54, 1.807) is 0 Å². The fraction of sp³-hybridized carbons (Fsp3) is 0.105. The monoisotopic (exact) mass is 449 g/mol. The van der Waals surface area contributed by atoms with Gasteiger partial charge in [0.05, 0.1) is 11.3 Å². The standard InChI is InChI=1S/C19H14F2IN3/c20-15-3-1-2-14(18(15)21)19-23-16-8-9-25(11-17(16)24-19)10-12-4-6-13(22)7-5-12/h1-9,11,16H,10H2,(H,23,24).